The van der Waals surface area contributed by atoms with Crippen molar-refractivity contribution in [2.75, 3.05) is 19.8 Å². The van der Waals surface area contributed by atoms with Gasteiger partial charge in [0.1, 0.15) is 12.7 Å². The molecule has 0 aliphatic carbocycles. The van der Waals surface area contributed by atoms with Gasteiger partial charge in [0.15, 0.2) is 0 Å². The quantitative estimate of drug-likeness (QED) is 0.0354. The monoisotopic (exact) mass is 913 g/mol. The first kappa shape index (κ1) is 67.1. The summed E-state index contributed by atoms with van der Waals surface area (Å²) >= 11 is 0. The van der Waals surface area contributed by atoms with Crippen LogP contribution in [0, 0.1) is 0 Å². The van der Waals surface area contributed by atoms with Gasteiger partial charge in [-0.15, -0.1) is 0 Å². The van der Waals surface area contributed by atoms with E-state index in [-0.39, 0.29) is 19.2 Å². The first-order chi connectivity index (χ1) is 31.4. The predicted octanol–water partition coefficient (Wildman–Crippen LogP) is 17.7. The molecule has 0 radical (unpaired) electrons. The van der Waals surface area contributed by atoms with Crippen molar-refractivity contribution in [1.82, 2.24) is 0 Å². The first-order valence-corrected chi connectivity index (χ1v) is 28.7. The molecule has 0 amide bonds. The number of carboxylic acids is 1. The minimum atomic E-state index is -0.954. The third kappa shape index (κ3) is 69.8. The van der Waals surface area contributed by atoms with E-state index in [4.69, 9.17) is 25.2 Å². The summed E-state index contributed by atoms with van der Waals surface area (Å²) in [6.45, 7) is 6.72. The molecule has 0 fully saturated rings. The summed E-state index contributed by atoms with van der Waals surface area (Å²) in [5.41, 5.74) is 0. The Labute approximate surface area is 400 Å². The first-order valence-electron chi connectivity index (χ1n) is 28.7. The topological polar surface area (TPSA) is 124 Å². The number of esters is 1. The van der Waals surface area contributed by atoms with Crippen LogP contribution in [0.15, 0.2) is 0 Å². The minimum Gasteiger partial charge on any atom is -0.481 e. The van der Waals surface area contributed by atoms with Gasteiger partial charge in [0, 0.05) is 19.4 Å². The fraction of sp³-hybridized carbons (Fsp3) is 0.965. The van der Waals surface area contributed by atoms with Crippen LogP contribution in [0.4, 0.5) is 0 Å². The molecule has 386 valence electrons. The van der Waals surface area contributed by atoms with Gasteiger partial charge in [-0.05, 0) is 19.3 Å². The molecule has 7 heteroatoms. The molecule has 0 saturated heterocycles. The maximum absolute atomic E-state index is 11.4. The largest absolute Gasteiger partial charge is 0.481 e. The molecule has 0 saturated carbocycles. The van der Waals surface area contributed by atoms with E-state index >= 15 is 0 Å². The number of unbranched alkanes of at least 4 members (excludes halogenated alkanes) is 43. The molecule has 0 aliphatic heterocycles. The predicted molar refractivity (Wildman–Crippen MR) is 277 cm³/mol. The summed E-state index contributed by atoms with van der Waals surface area (Å²) in [7, 11) is 0. The van der Waals surface area contributed by atoms with Crippen LogP contribution in [0.1, 0.15) is 329 Å². The Balaban J connectivity index is -0.000000883. The van der Waals surface area contributed by atoms with Gasteiger partial charge < -0.3 is 25.2 Å². The van der Waals surface area contributed by atoms with Crippen molar-refractivity contribution in [3.05, 3.63) is 0 Å². The lowest BCUT2D eigenvalue weighted by Gasteiger charge is -2.08. The van der Waals surface area contributed by atoms with Crippen molar-refractivity contribution in [2.24, 2.45) is 0 Å². The second kappa shape index (κ2) is 63.9. The zero-order valence-electron chi connectivity index (χ0n) is 43.7. The average molecular weight is 914 g/mol. The third-order valence-corrected chi connectivity index (χ3v) is 12.6. The maximum atomic E-state index is 11.4. The summed E-state index contributed by atoms with van der Waals surface area (Å²) < 4.78 is 4.86. The number of hydrogen-bond acceptors (Lipinski definition) is 6. The van der Waals surface area contributed by atoms with E-state index in [0.717, 1.165) is 32.1 Å². The number of rotatable bonds is 51. The highest BCUT2D eigenvalue weighted by Crippen LogP contribution is 2.17. The lowest BCUT2D eigenvalue weighted by atomic mass is 10.0. The highest BCUT2D eigenvalue weighted by Gasteiger charge is 2.07. The van der Waals surface area contributed by atoms with Gasteiger partial charge in [0.2, 0.25) is 0 Å². The number of ether oxygens (including phenoxy) is 1. The molecule has 4 N–H and O–H groups in total. The van der Waals surface area contributed by atoms with Crippen LogP contribution < -0.4 is 0 Å². The second-order valence-electron chi connectivity index (χ2n) is 19.3. The Morgan fingerprint density at radius 2 is 0.562 bits per heavy atom. The van der Waals surface area contributed by atoms with E-state index < -0.39 is 12.1 Å². The number of carbonyl (C=O) groups excluding carboxylic acids is 1. The SMILES string of the molecule is CCCCCCCCCCCCCCCCCC(=O)O.CCCCCCCCCCCCCCCCCC(=O)OCC(O)CO.CCCCCCCCCCCCCCCCCCO. The van der Waals surface area contributed by atoms with Crippen molar-refractivity contribution in [1.29, 1.82) is 0 Å². The van der Waals surface area contributed by atoms with Crippen LogP contribution >= 0.6 is 0 Å². The summed E-state index contributed by atoms with van der Waals surface area (Å²) in [5.74, 6) is -0.929. The molecule has 1 atom stereocenters. The van der Waals surface area contributed by atoms with Crippen LogP contribution in [-0.2, 0) is 14.3 Å². The Morgan fingerprint density at radius 3 is 0.781 bits per heavy atom. The van der Waals surface area contributed by atoms with Gasteiger partial charge in [-0.3, -0.25) is 9.59 Å². The zero-order chi connectivity index (χ0) is 47.5. The summed E-state index contributed by atoms with van der Waals surface area (Å²) in [6.07, 6.45) is 61.4. The van der Waals surface area contributed by atoms with Gasteiger partial charge in [-0.2, -0.15) is 0 Å². The molecular weight excluding hydrogens is 797 g/mol. The maximum Gasteiger partial charge on any atom is 0.305 e. The second-order valence-corrected chi connectivity index (χ2v) is 19.3. The van der Waals surface area contributed by atoms with E-state index in [9.17, 15) is 9.59 Å². The number of aliphatic hydroxyl groups excluding tert-OH is 3. The molecule has 0 aromatic rings. The molecule has 0 aliphatic rings. The standard InChI is InChI=1S/C21H42O4.C18H36O2.C18H38O/c1-2-3-4-5-6-7-8-9-10-11-12-13-14-15-16-17-21(24)25-19-20(23)18-22;1-2-3-4-5-6-7-8-9-10-11-12-13-14-15-16-17-18(19)20;1-2-3-4-5-6-7-8-9-10-11-12-13-14-15-16-17-18-19/h20,22-23H,2-19H2,1H3;2-17H2,1H3,(H,19,20);19H,2-18H2,1H3. The fourth-order valence-corrected chi connectivity index (χ4v) is 8.26. The van der Waals surface area contributed by atoms with Crippen LogP contribution in [-0.4, -0.2) is 58.3 Å². The smallest absolute Gasteiger partial charge is 0.305 e. The van der Waals surface area contributed by atoms with Crippen LogP contribution in [0.5, 0.6) is 0 Å². The van der Waals surface area contributed by atoms with E-state index in [2.05, 4.69) is 20.8 Å². The Hall–Kier alpha value is -1.18. The molecule has 0 bridgehead atoms. The molecule has 0 heterocycles. The third-order valence-electron chi connectivity index (χ3n) is 12.6. The number of carbonyl (C=O) groups is 2. The normalized spacial score (nSPS) is 11.5. The van der Waals surface area contributed by atoms with Gasteiger partial charge >= 0.3 is 11.9 Å². The van der Waals surface area contributed by atoms with Crippen molar-refractivity contribution in [3.8, 4) is 0 Å². The highest BCUT2D eigenvalue weighted by atomic mass is 16.5. The van der Waals surface area contributed by atoms with E-state index in [1.54, 1.807) is 0 Å². The van der Waals surface area contributed by atoms with Crippen molar-refractivity contribution in [3.63, 3.8) is 0 Å². The fourth-order valence-electron chi connectivity index (χ4n) is 8.26. The van der Waals surface area contributed by atoms with E-state index in [0.29, 0.717) is 19.4 Å². The molecule has 1 unspecified atom stereocenters. The van der Waals surface area contributed by atoms with Gasteiger partial charge in [0.25, 0.3) is 0 Å². The number of hydrogen-bond donors (Lipinski definition) is 4. The van der Waals surface area contributed by atoms with Crippen molar-refractivity contribution in [2.45, 2.75) is 335 Å². The number of aliphatic hydroxyl groups is 3. The minimum absolute atomic E-state index is 0.103. The summed E-state index contributed by atoms with van der Waals surface area (Å²) in [6, 6.07) is 0. The molecular formula is C57H116O7. The molecule has 0 spiro atoms. The zero-order valence-corrected chi connectivity index (χ0v) is 43.7. The van der Waals surface area contributed by atoms with Crippen LogP contribution in [0.2, 0.25) is 0 Å². The number of aliphatic carboxylic acids is 1. The van der Waals surface area contributed by atoms with Gasteiger partial charge in [-0.1, -0.05) is 297 Å². The van der Waals surface area contributed by atoms with Crippen LogP contribution in [0.3, 0.4) is 0 Å². The summed E-state index contributed by atoms with van der Waals surface area (Å²) in [4.78, 5) is 21.7. The molecule has 0 rings (SSSR count). The molecule has 7 nitrogen and oxygen atoms in total. The Morgan fingerprint density at radius 1 is 0.344 bits per heavy atom. The Bertz CT molecular complexity index is 821. The number of carboxylic acid groups (broad SMARTS) is 1. The van der Waals surface area contributed by atoms with Crippen molar-refractivity contribution < 1.29 is 34.8 Å². The van der Waals surface area contributed by atoms with Gasteiger partial charge in [0.05, 0.1) is 6.61 Å². The Kier molecular flexibility index (Phi) is 67.0. The molecule has 64 heavy (non-hydrogen) atoms. The van der Waals surface area contributed by atoms with E-state index in [1.165, 1.54) is 263 Å². The lowest BCUT2D eigenvalue weighted by molar-refractivity contribution is -0.147. The van der Waals surface area contributed by atoms with E-state index in [1.807, 2.05) is 0 Å². The average Bonchev–Trinajstić information content (AvgIpc) is 3.29. The highest BCUT2D eigenvalue weighted by molar-refractivity contribution is 5.69. The lowest BCUT2D eigenvalue weighted by Crippen LogP contribution is -2.21. The molecule has 0 aromatic carbocycles. The summed E-state index contributed by atoms with van der Waals surface area (Å²) in [5, 5.41) is 34.9. The van der Waals surface area contributed by atoms with Crippen molar-refractivity contribution >= 4 is 11.9 Å². The van der Waals surface area contributed by atoms with Crippen LogP contribution in [0.25, 0.3) is 0 Å². The molecule has 0 aromatic heterocycles. The van der Waals surface area contributed by atoms with Gasteiger partial charge in [-0.25, -0.2) is 0 Å².